The van der Waals surface area contributed by atoms with Gasteiger partial charge in [-0.15, -0.1) is 0 Å². The lowest BCUT2D eigenvalue weighted by Gasteiger charge is -2.00. The van der Waals surface area contributed by atoms with Crippen molar-refractivity contribution in [3.8, 4) is 0 Å². The summed E-state index contributed by atoms with van der Waals surface area (Å²) in [6, 6.07) is 5.97. The van der Waals surface area contributed by atoms with Gasteiger partial charge in [0.15, 0.2) is 0 Å². The van der Waals surface area contributed by atoms with Crippen molar-refractivity contribution in [3.05, 3.63) is 44.4 Å². The van der Waals surface area contributed by atoms with E-state index >= 15 is 0 Å². The molecule has 0 unspecified atom stereocenters. The molecule has 0 N–H and O–H groups in total. The first-order valence-electron chi connectivity index (χ1n) is 4.83. The van der Waals surface area contributed by atoms with E-state index in [0.29, 0.717) is 5.56 Å². The molecule has 0 aliphatic rings. The second-order valence-corrected chi connectivity index (χ2v) is 3.92. The Bertz CT molecular complexity index is 470. The molecule has 0 saturated heterocycles. The quantitative estimate of drug-likeness (QED) is 0.371. The number of nitro benzene ring substituents is 1. The van der Waals surface area contributed by atoms with Gasteiger partial charge in [-0.2, -0.15) is 0 Å². The third-order valence-electron chi connectivity index (χ3n) is 1.84. The summed E-state index contributed by atoms with van der Waals surface area (Å²) in [5, 5.41) is 10.6. The number of halogens is 1. The predicted molar refractivity (Wildman–Crippen MR) is 66.6 cm³/mol. The number of benzene rings is 1. The Labute approximate surface area is 106 Å². The molecule has 0 amide bonds. The molecule has 0 fully saturated rings. The lowest BCUT2D eigenvalue weighted by molar-refractivity contribution is -0.384. The Morgan fingerprint density at radius 2 is 2.29 bits per heavy atom. The fraction of sp³-hybridized carbons (Fsp3) is 0.182. The van der Waals surface area contributed by atoms with Gasteiger partial charge in [-0.3, -0.25) is 10.1 Å². The first kappa shape index (κ1) is 13.4. The van der Waals surface area contributed by atoms with Gasteiger partial charge in [0, 0.05) is 12.1 Å². The monoisotopic (exact) mass is 299 g/mol. The molecule has 1 aromatic rings. The minimum absolute atomic E-state index is 0.0251. The van der Waals surface area contributed by atoms with Gasteiger partial charge in [0.1, 0.15) is 4.48 Å². The number of hydrogen-bond donors (Lipinski definition) is 0. The van der Waals surface area contributed by atoms with Crippen LogP contribution in [-0.2, 0) is 9.53 Å². The highest BCUT2D eigenvalue weighted by Crippen LogP contribution is 2.18. The molecular formula is C11H10BrNO4. The summed E-state index contributed by atoms with van der Waals surface area (Å²) < 4.78 is 4.99. The molecule has 0 aliphatic heterocycles. The van der Waals surface area contributed by atoms with Crippen LogP contribution in [0.5, 0.6) is 0 Å². The Hall–Kier alpha value is -1.69. The standard InChI is InChI=1S/C11H10BrNO4/c1-2-17-11(14)10(12)7-8-4-3-5-9(6-8)13(15)16/h3-7H,2H2,1H3/b10-7+. The highest BCUT2D eigenvalue weighted by molar-refractivity contribution is 9.12. The van der Waals surface area contributed by atoms with Gasteiger partial charge >= 0.3 is 5.97 Å². The third-order valence-corrected chi connectivity index (χ3v) is 2.40. The van der Waals surface area contributed by atoms with Crippen LogP contribution in [0.4, 0.5) is 5.69 Å². The molecule has 0 saturated carbocycles. The average Bonchev–Trinajstić information content (AvgIpc) is 2.29. The van der Waals surface area contributed by atoms with Crippen LogP contribution < -0.4 is 0 Å². The van der Waals surface area contributed by atoms with Crippen molar-refractivity contribution >= 4 is 33.7 Å². The summed E-state index contributed by atoms with van der Waals surface area (Å²) in [7, 11) is 0. The number of rotatable bonds is 4. The Morgan fingerprint density at radius 3 is 2.88 bits per heavy atom. The van der Waals surface area contributed by atoms with Gasteiger partial charge in [-0.25, -0.2) is 4.79 Å². The topological polar surface area (TPSA) is 69.4 Å². The maximum Gasteiger partial charge on any atom is 0.345 e. The minimum atomic E-state index is -0.501. The average molecular weight is 300 g/mol. The fourth-order valence-electron chi connectivity index (χ4n) is 1.13. The Kier molecular flexibility index (Phi) is 4.84. The summed E-state index contributed by atoms with van der Waals surface area (Å²) in [6.45, 7) is 1.97. The maximum absolute atomic E-state index is 11.3. The number of carbonyl (C=O) groups excluding carboxylic acids is 1. The first-order chi connectivity index (χ1) is 8.04. The van der Waals surface area contributed by atoms with E-state index in [0.717, 1.165) is 0 Å². The van der Waals surface area contributed by atoms with E-state index < -0.39 is 10.9 Å². The molecule has 17 heavy (non-hydrogen) atoms. The Morgan fingerprint density at radius 1 is 1.59 bits per heavy atom. The number of nitrogens with zero attached hydrogens (tertiary/aromatic N) is 1. The summed E-state index contributed by atoms with van der Waals surface area (Å²) >= 11 is 3.06. The second-order valence-electron chi connectivity index (χ2n) is 3.06. The molecular weight excluding hydrogens is 290 g/mol. The highest BCUT2D eigenvalue weighted by atomic mass is 79.9. The van der Waals surface area contributed by atoms with E-state index in [2.05, 4.69) is 15.9 Å². The number of hydrogen-bond acceptors (Lipinski definition) is 4. The zero-order valence-electron chi connectivity index (χ0n) is 9.05. The normalized spacial score (nSPS) is 11.1. The van der Waals surface area contributed by atoms with Gasteiger partial charge in [0.05, 0.1) is 11.5 Å². The first-order valence-corrected chi connectivity index (χ1v) is 5.62. The Balaban J connectivity index is 2.94. The zero-order valence-corrected chi connectivity index (χ0v) is 10.6. The van der Waals surface area contributed by atoms with Crippen LogP contribution >= 0.6 is 15.9 Å². The molecule has 0 bridgehead atoms. The SMILES string of the molecule is CCOC(=O)/C(Br)=C\c1cccc([N+](=O)[O-])c1. The van der Waals surface area contributed by atoms with Crippen molar-refractivity contribution in [2.45, 2.75) is 6.92 Å². The largest absolute Gasteiger partial charge is 0.462 e. The van der Waals surface area contributed by atoms with Gasteiger partial charge in [-0.05, 0) is 34.5 Å². The van der Waals surface area contributed by atoms with Gasteiger partial charge < -0.3 is 4.74 Å². The van der Waals surface area contributed by atoms with Gasteiger partial charge in [-0.1, -0.05) is 12.1 Å². The van der Waals surface area contributed by atoms with E-state index in [-0.39, 0.29) is 16.8 Å². The minimum Gasteiger partial charge on any atom is -0.462 e. The number of esters is 1. The number of nitro groups is 1. The van der Waals surface area contributed by atoms with Crippen molar-refractivity contribution in [2.24, 2.45) is 0 Å². The van der Waals surface area contributed by atoms with Crippen molar-refractivity contribution < 1.29 is 14.5 Å². The lowest BCUT2D eigenvalue weighted by Crippen LogP contribution is -2.03. The van der Waals surface area contributed by atoms with Crippen LogP contribution in [0.15, 0.2) is 28.7 Å². The van der Waals surface area contributed by atoms with Crippen LogP contribution in [0.1, 0.15) is 12.5 Å². The smallest absolute Gasteiger partial charge is 0.345 e. The van der Waals surface area contributed by atoms with Crippen LogP contribution in [-0.4, -0.2) is 17.5 Å². The van der Waals surface area contributed by atoms with E-state index in [4.69, 9.17) is 4.74 Å². The van der Waals surface area contributed by atoms with Gasteiger partial charge in [0.2, 0.25) is 0 Å². The van der Waals surface area contributed by atoms with Crippen LogP contribution in [0.25, 0.3) is 6.08 Å². The molecule has 1 rings (SSSR count). The molecule has 6 heteroatoms. The van der Waals surface area contributed by atoms with Gasteiger partial charge in [0.25, 0.3) is 5.69 Å². The van der Waals surface area contributed by atoms with E-state index in [1.807, 2.05) is 0 Å². The molecule has 0 radical (unpaired) electrons. The van der Waals surface area contributed by atoms with Crippen LogP contribution in [0.2, 0.25) is 0 Å². The highest BCUT2D eigenvalue weighted by Gasteiger charge is 2.08. The van der Waals surface area contributed by atoms with E-state index in [1.54, 1.807) is 19.1 Å². The van der Waals surface area contributed by atoms with Crippen molar-refractivity contribution in [3.63, 3.8) is 0 Å². The summed E-state index contributed by atoms with van der Waals surface area (Å²) in [5.41, 5.74) is 0.530. The molecule has 1 aromatic carbocycles. The number of non-ortho nitro benzene ring substituents is 1. The number of ether oxygens (including phenoxy) is 1. The summed E-state index contributed by atoms with van der Waals surface area (Å²) in [6.07, 6.45) is 1.48. The molecule has 90 valence electrons. The summed E-state index contributed by atoms with van der Waals surface area (Å²) in [4.78, 5) is 21.4. The molecule has 0 atom stereocenters. The molecule has 0 aromatic heterocycles. The van der Waals surface area contributed by atoms with Crippen molar-refractivity contribution in [2.75, 3.05) is 6.61 Å². The molecule has 5 nitrogen and oxygen atoms in total. The maximum atomic E-state index is 11.3. The molecule has 0 spiro atoms. The van der Waals surface area contributed by atoms with Crippen molar-refractivity contribution in [1.82, 2.24) is 0 Å². The number of carbonyl (C=O) groups is 1. The van der Waals surface area contributed by atoms with Crippen molar-refractivity contribution in [1.29, 1.82) is 0 Å². The predicted octanol–water partition coefficient (Wildman–Crippen LogP) is 2.89. The zero-order chi connectivity index (χ0) is 12.8. The third kappa shape index (κ3) is 3.99. The molecule has 0 heterocycles. The summed E-state index contributed by atoms with van der Waals surface area (Å²) in [5.74, 6) is -0.501. The second kappa shape index (κ2) is 6.15. The van der Waals surface area contributed by atoms with E-state index in [1.165, 1.54) is 18.2 Å². The lowest BCUT2D eigenvalue weighted by atomic mass is 10.2. The van der Waals surface area contributed by atoms with E-state index in [9.17, 15) is 14.9 Å². The van der Waals surface area contributed by atoms with Crippen LogP contribution in [0.3, 0.4) is 0 Å². The van der Waals surface area contributed by atoms with Crippen LogP contribution in [0, 0.1) is 10.1 Å². The molecule has 0 aliphatic carbocycles. The fourth-order valence-corrected chi connectivity index (χ4v) is 1.51.